The lowest BCUT2D eigenvalue weighted by atomic mass is 9.69. The summed E-state index contributed by atoms with van der Waals surface area (Å²) >= 11 is 0. The molecule has 2 aliphatic rings. The maximum Gasteiger partial charge on any atom is 0.315 e. The van der Waals surface area contributed by atoms with Crippen molar-refractivity contribution in [1.82, 2.24) is 16.0 Å². The quantitative estimate of drug-likeness (QED) is 0.567. The van der Waals surface area contributed by atoms with Crippen molar-refractivity contribution in [3.05, 3.63) is 0 Å². The Morgan fingerprint density at radius 2 is 2.16 bits per heavy atom. The van der Waals surface area contributed by atoms with Crippen LogP contribution in [0.4, 0.5) is 4.79 Å². The summed E-state index contributed by atoms with van der Waals surface area (Å²) in [6.45, 7) is 0.587. The van der Waals surface area contributed by atoms with E-state index in [0.29, 0.717) is 32.2 Å². The Balaban J connectivity index is 1.72. The van der Waals surface area contributed by atoms with Crippen LogP contribution in [-0.2, 0) is 9.59 Å². The van der Waals surface area contributed by atoms with Gasteiger partial charge in [-0.3, -0.25) is 9.59 Å². The number of aliphatic carboxylic acids is 1. The molecule has 1 aliphatic carbocycles. The van der Waals surface area contributed by atoms with Gasteiger partial charge in [0.15, 0.2) is 0 Å². The molecule has 3 amide bonds. The average Bonchev–Trinajstić information content (AvgIpc) is 2.30. The van der Waals surface area contributed by atoms with E-state index in [9.17, 15) is 14.4 Å². The Hall–Kier alpha value is -1.79. The molecule has 2 rings (SSSR count). The molecule has 0 aromatic carbocycles. The third-order valence-electron chi connectivity index (χ3n) is 3.95. The smallest absolute Gasteiger partial charge is 0.315 e. The van der Waals surface area contributed by atoms with Crippen molar-refractivity contribution in [3.63, 3.8) is 0 Å². The van der Waals surface area contributed by atoms with Crippen LogP contribution in [0.15, 0.2) is 0 Å². The number of hydrogen-bond acceptors (Lipinski definition) is 3. The molecular weight excluding hydrogens is 250 g/mol. The molecule has 7 nitrogen and oxygen atoms in total. The number of carboxylic acids is 1. The summed E-state index contributed by atoms with van der Waals surface area (Å²) in [6, 6.07) is -0.450. The largest absolute Gasteiger partial charge is 0.481 e. The van der Waals surface area contributed by atoms with Crippen molar-refractivity contribution >= 4 is 17.9 Å². The van der Waals surface area contributed by atoms with E-state index in [0.717, 1.165) is 6.42 Å². The lowest BCUT2D eigenvalue weighted by molar-refractivity contribution is -0.153. The predicted octanol–water partition coefficient (Wildman–Crippen LogP) is -0.181. The highest BCUT2D eigenvalue weighted by Crippen LogP contribution is 2.40. The van der Waals surface area contributed by atoms with Gasteiger partial charge in [0.2, 0.25) is 5.91 Å². The van der Waals surface area contributed by atoms with Gasteiger partial charge in [-0.05, 0) is 19.3 Å². The van der Waals surface area contributed by atoms with Crippen LogP contribution in [0, 0.1) is 5.41 Å². The molecule has 1 saturated carbocycles. The number of urea groups is 1. The summed E-state index contributed by atoms with van der Waals surface area (Å²) in [6.07, 6.45) is 3.14. The van der Waals surface area contributed by atoms with E-state index in [1.165, 1.54) is 0 Å². The number of rotatable bonds is 4. The molecule has 0 aromatic heterocycles. The van der Waals surface area contributed by atoms with Crippen molar-refractivity contribution in [1.29, 1.82) is 0 Å². The fourth-order valence-electron chi connectivity index (χ4n) is 2.41. The summed E-state index contributed by atoms with van der Waals surface area (Å²) in [5.41, 5.74) is -0.780. The van der Waals surface area contributed by atoms with Gasteiger partial charge < -0.3 is 21.1 Å². The zero-order valence-electron chi connectivity index (χ0n) is 10.7. The highest BCUT2D eigenvalue weighted by atomic mass is 16.4. The third-order valence-corrected chi connectivity index (χ3v) is 3.95. The molecule has 19 heavy (non-hydrogen) atoms. The van der Waals surface area contributed by atoms with Gasteiger partial charge in [0.25, 0.3) is 0 Å². The molecule has 0 spiro atoms. The molecule has 106 valence electrons. The zero-order valence-corrected chi connectivity index (χ0v) is 10.7. The van der Waals surface area contributed by atoms with E-state index >= 15 is 0 Å². The lowest BCUT2D eigenvalue weighted by Crippen LogP contribution is -2.54. The van der Waals surface area contributed by atoms with E-state index < -0.39 is 11.4 Å². The zero-order chi connectivity index (χ0) is 13.9. The highest BCUT2D eigenvalue weighted by Gasteiger charge is 2.44. The molecule has 0 aromatic rings. The first-order valence-electron chi connectivity index (χ1n) is 6.56. The molecular formula is C12H19N3O4. The molecule has 1 saturated heterocycles. The number of hydrogen-bond donors (Lipinski definition) is 4. The number of piperidine rings is 1. The van der Waals surface area contributed by atoms with Crippen LogP contribution in [-0.4, -0.2) is 42.1 Å². The number of carbonyl (C=O) groups is 3. The first kappa shape index (κ1) is 13.6. The number of amides is 3. The van der Waals surface area contributed by atoms with Crippen LogP contribution in [0.5, 0.6) is 0 Å². The normalized spacial score (nSPS) is 24.8. The molecule has 4 N–H and O–H groups in total. The SMILES string of the molecule is O=C1CCC(NC(=O)NCC2(C(=O)O)CCC2)CN1. The van der Waals surface area contributed by atoms with E-state index in [1.807, 2.05) is 0 Å². The van der Waals surface area contributed by atoms with Crippen molar-refractivity contribution in [2.75, 3.05) is 13.1 Å². The highest BCUT2D eigenvalue weighted by molar-refractivity contribution is 5.80. The van der Waals surface area contributed by atoms with Gasteiger partial charge in [-0.2, -0.15) is 0 Å². The van der Waals surface area contributed by atoms with Crippen LogP contribution in [0.1, 0.15) is 32.1 Å². The first-order chi connectivity index (χ1) is 9.02. The predicted molar refractivity (Wildman–Crippen MR) is 66.5 cm³/mol. The average molecular weight is 269 g/mol. The van der Waals surface area contributed by atoms with E-state index in [2.05, 4.69) is 16.0 Å². The minimum atomic E-state index is -0.844. The Bertz CT molecular complexity index is 382. The molecule has 7 heteroatoms. The minimum absolute atomic E-state index is 0.00208. The molecule has 0 bridgehead atoms. The Morgan fingerprint density at radius 1 is 1.42 bits per heavy atom. The van der Waals surface area contributed by atoms with Gasteiger partial charge in [0, 0.05) is 25.6 Å². The van der Waals surface area contributed by atoms with Gasteiger partial charge in [-0.15, -0.1) is 0 Å². The van der Waals surface area contributed by atoms with Crippen molar-refractivity contribution in [2.24, 2.45) is 5.41 Å². The molecule has 0 radical (unpaired) electrons. The van der Waals surface area contributed by atoms with Crippen LogP contribution < -0.4 is 16.0 Å². The fraction of sp³-hybridized carbons (Fsp3) is 0.750. The number of carboxylic acid groups (broad SMARTS) is 1. The van der Waals surface area contributed by atoms with E-state index in [-0.39, 0.29) is 24.5 Å². The van der Waals surface area contributed by atoms with E-state index in [1.54, 1.807) is 0 Å². The standard InChI is InChI=1S/C12H19N3O4/c16-9-3-2-8(6-13-9)15-11(19)14-7-12(10(17)18)4-1-5-12/h8H,1-7H2,(H,13,16)(H,17,18)(H2,14,15,19). The summed E-state index contributed by atoms with van der Waals surface area (Å²) < 4.78 is 0. The Labute approximate surface area is 111 Å². The van der Waals surface area contributed by atoms with Crippen LogP contribution in [0.25, 0.3) is 0 Å². The van der Waals surface area contributed by atoms with Crippen molar-refractivity contribution in [3.8, 4) is 0 Å². The minimum Gasteiger partial charge on any atom is -0.481 e. The van der Waals surface area contributed by atoms with Crippen molar-refractivity contribution in [2.45, 2.75) is 38.1 Å². The Morgan fingerprint density at radius 3 is 2.63 bits per heavy atom. The van der Waals surface area contributed by atoms with Gasteiger partial charge >= 0.3 is 12.0 Å². The maximum atomic E-state index is 11.7. The van der Waals surface area contributed by atoms with Gasteiger partial charge in [0.05, 0.1) is 5.41 Å². The summed E-state index contributed by atoms with van der Waals surface area (Å²) in [4.78, 5) is 33.8. The molecule has 1 unspecified atom stereocenters. The monoisotopic (exact) mass is 269 g/mol. The van der Waals surface area contributed by atoms with E-state index in [4.69, 9.17) is 5.11 Å². The fourth-order valence-corrected chi connectivity index (χ4v) is 2.41. The lowest BCUT2D eigenvalue weighted by Gasteiger charge is -2.37. The third kappa shape index (κ3) is 3.15. The number of nitrogens with one attached hydrogen (secondary N) is 3. The van der Waals surface area contributed by atoms with Crippen LogP contribution in [0.3, 0.4) is 0 Å². The second kappa shape index (κ2) is 5.46. The molecule has 1 heterocycles. The van der Waals surface area contributed by atoms with Gasteiger partial charge in [0.1, 0.15) is 0 Å². The second-order valence-corrected chi connectivity index (χ2v) is 5.31. The first-order valence-corrected chi connectivity index (χ1v) is 6.56. The summed E-state index contributed by atoms with van der Waals surface area (Å²) in [7, 11) is 0. The summed E-state index contributed by atoms with van der Waals surface area (Å²) in [5.74, 6) is -0.846. The van der Waals surface area contributed by atoms with Crippen molar-refractivity contribution < 1.29 is 19.5 Å². The topological polar surface area (TPSA) is 108 Å². The molecule has 2 fully saturated rings. The molecule has 1 aliphatic heterocycles. The van der Waals surface area contributed by atoms with Crippen LogP contribution in [0.2, 0.25) is 0 Å². The second-order valence-electron chi connectivity index (χ2n) is 5.31. The Kier molecular flexibility index (Phi) is 3.92. The summed E-state index contributed by atoms with van der Waals surface area (Å²) in [5, 5.41) is 17.2. The number of carbonyl (C=O) groups excluding carboxylic acids is 2. The van der Waals surface area contributed by atoms with Gasteiger partial charge in [-0.1, -0.05) is 6.42 Å². The maximum absolute atomic E-state index is 11.7. The molecule has 1 atom stereocenters. The van der Waals surface area contributed by atoms with Crippen LogP contribution >= 0.6 is 0 Å². The van der Waals surface area contributed by atoms with Gasteiger partial charge in [-0.25, -0.2) is 4.79 Å².